The lowest BCUT2D eigenvalue weighted by atomic mass is 10.1. The van der Waals surface area contributed by atoms with Crippen molar-refractivity contribution in [2.75, 3.05) is 19.5 Å². The fourth-order valence-electron chi connectivity index (χ4n) is 3.21. The van der Waals surface area contributed by atoms with Gasteiger partial charge in [0.05, 0.1) is 19.1 Å². The van der Waals surface area contributed by atoms with Gasteiger partial charge in [-0.1, -0.05) is 12.1 Å². The fraction of sp³-hybridized carbons (Fsp3) is 0.227. The first-order valence-corrected chi connectivity index (χ1v) is 11.6. The number of primary sulfonamides is 1. The number of benzene rings is 2. The number of aryl methyl sites for hydroxylation is 2. The third-order valence-electron chi connectivity index (χ3n) is 5.01. The number of amides is 1. The molecule has 1 amide bonds. The summed E-state index contributed by atoms with van der Waals surface area (Å²) in [5.74, 6) is 0.432. The molecule has 0 radical (unpaired) electrons. The first-order chi connectivity index (χ1) is 16.1. The van der Waals surface area contributed by atoms with Gasteiger partial charge in [0.2, 0.25) is 15.9 Å². The molecule has 0 saturated carbocycles. The van der Waals surface area contributed by atoms with Gasteiger partial charge in [-0.05, 0) is 36.2 Å². The lowest BCUT2D eigenvalue weighted by Gasteiger charge is -2.12. The highest BCUT2D eigenvalue weighted by Crippen LogP contribution is 2.29. The van der Waals surface area contributed by atoms with Crippen LogP contribution in [0.2, 0.25) is 0 Å². The summed E-state index contributed by atoms with van der Waals surface area (Å²) >= 11 is 0. The minimum Gasteiger partial charge on any atom is -0.493 e. The molecule has 0 bridgehead atoms. The van der Waals surface area contributed by atoms with Crippen LogP contribution in [0.15, 0.2) is 69.3 Å². The monoisotopic (exact) mass is 488 g/mol. The zero-order valence-corrected chi connectivity index (χ0v) is 19.4. The number of carbonyl (C=O) groups is 1. The van der Waals surface area contributed by atoms with E-state index in [1.54, 1.807) is 30.3 Å². The Kier molecular flexibility index (Phi) is 7.54. The summed E-state index contributed by atoms with van der Waals surface area (Å²) in [6.07, 6.45) is 3.17. The summed E-state index contributed by atoms with van der Waals surface area (Å²) < 4.78 is 35.3. The number of sulfonamides is 1. The van der Waals surface area contributed by atoms with Crippen LogP contribution in [0.4, 0.5) is 5.69 Å². The topological polar surface area (TPSA) is 152 Å². The smallest absolute Gasteiger partial charge is 0.316 e. The number of carbonyl (C=O) groups excluding carboxylic acids is 1. The van der Waals surface area contributed by atoms with Gasteiger partial charge >= 0.3 is 11.1 Å². The maximum Gasteiger partial charge on any atom is 0.316 e. The SMILES string of the molecule is COc1ccc(NC(=O)Cn2ccn(CCc3ccc(S(N)(=O)=O)cc3)c(=O)c2=O)cc1OC. The van der Waals surface area contributed by atoms with E-state index in [2.05, 4.69) is 5.32 Å². The van der Waals surface area contributed by atoms with Gasteiger partial charge in [-0.25, -0.2) is 13.6 Å². The second-order valence-electron chi connectivity index (χ2n) is 7.29. The van der Waals surface area contributed by atoms with Gasteiger partial charge < -0.3 is 19.4 Å². The average molecular weight is 489 g/mol. The number of nitrogens with one attached hydrogen (secondary N) is 1. The molecule has 0 aliphatic carbocycles. The Labute approximate surface area is 195 Å². The van der Waals surface area contributed by atoms with E-state index in [1.165, 1.54) is 43.3 Å². The molecule has 0 fully saturated rings. The summed E-state index contributed by atoms with van der Waals surface area (Å²) in [5, 5.41) is 7.72. The van der Waals surface area contributed by atoms with Gasteiger partial charge in [0.1, 0.15) is 6.54 Å². The molecule has 180 valence electrons. The predicted octanol–water partition coefficient (Wildman–Crippen LogP) is 0.556. The number of hydrogen-bond donors (Lipinski definition) is 2. The zero-order chi connectivity index (χ0) is 24.9. The summed E-state index contributed by atoms with van der Waals surface area (Å²) in [6, 6.07) is 10.8. The Morgan fingerprint density at radius 2 is 1.56 bits per heavy atom. The lowest BCUT2D eigenvalue weighted by molar-refractivity contribution is -0.116. The van der Waals surface area contributed by atoms with E-state index < -0.39 is 27.0 Å². The molecule has 3 rings (SSSR count). The molecule has 0 spiro atoms. The maximum atomic E-state index is 12.5. The molecule has 11 nitrogen and oxygen atoms in total. The van der Waals surface area contributed by atoms with Gasteiger partial charge in [0, 0.05) is 30.7 Å². The van der Waals surface area contributed by atoms with Crippen LogP contribution in [-0.2, 0) is 34.3 Å². The number of anilines is 1. The second kappa shape index (κ2) is 10.4. The van der Waals surface area contributed by atoms with Crippen molar-refractivity contribution in [2.45, 2.75) is 24.4 Å². The number of methoxy groups -OCH3 is 2. The fourth-order valence-corrected chi connectivity index (χ4v) is 3.72. The molecule has 0 unspecified atom stereocenters. The van der Waals surface area contributed by atoms with E-state index in [0.29, 0.717) is 23.6 Å². The standard InChI is InChI=1S/C22H24N4O7S/c1-32-18-8-5-16(13-19(18)33-2)24-20(27)14-26-12-11-25(21(28)22(26)29)10-9-15-3-6-17(7-4-15)34(23,30)31/h3-8,11-13H,9-10,14H2,1-2H3,(H,24,27)(H2,23,30,31). The van der Waals surface area contributed by atoms with Crippen LogP contribution >= 0.6 is 0 Å². The maximum absolute atomic E-state index is 12.5. The van der Waals surface area contributed by atoms with E-state index in [9.17, 15) is 22.8 Å². The number of nitrogens with zero attached hydrogens (tertiary/aromatic N) is 2. The van der Waals surface area contributed by atoms with E-state index in [1.807, 2.05) is 0 Å². The number of hydrogen-bond acceptors (Lipinski definition) is 7. The van der Waals surface area contributed by atoms with Crippen LogP contribution in [0, 0.1) is 0 Å². The van der Waals surface area contributed by atoms with Crippen molar-refractivity contribution in [1.82, 2.24) is 9.13 Å². The Balaban J connectivity index is 1.66. The summed E-state index contributed by atoms with van der Waals surface area (Å²) in [4.78, 5) is 37.3. The van der Waals surface area contributed by atoms with Crippen LogP contribution in [0.5, 0.6) is 11.5 Å². The Morgan fingerprint density at radius 1 is 0.941 bits per heavy atom. The van der Waals surface area contributed by atoms with Crippen LogP contribution in [0.1, 0.15) is 5.56 Å². The molecule has 0 atom stereocenters. The molecule has 1 heterocycles. The highest BCUT2D eigenvalue weighted by Gasteiger charge is 2.12. The first kappa shape index (κ1) is 24.7. The second-order valence-corrected chi connectivity index (χ2v) is 8.85. The molecule has 12 heteroatoms. The quantitative estimate of drug-likeness (QED) is 0.417. The van der Waals surface area contributed by atoms with Crippen molar-refractivity contribution in [3.8, 4) is 11.5 Å². The van der Waals surface area contributed by atoms with Crippen molar-refractivity contribution >= 4 is 21.6 Å². The third-order valence-corrected chi connectivity index (χ3v) is 5.93. The van der Waals surface area contributed by atoms with Crippen molar-refractivity contribution in [1.29, 1.82) is 0 Å². The molecule has 2 aromatic carbocycles. The molecular weight excluding hydrogens is 464 g/mol. The van der Waals surface area contributed by atoms with Gasteiger partial charge in [0.15, 0.2) is 11.5 Å². The Bertz CT molecular complexity index is 1410. The van der Waals surface area contributed by atoms with Crippen LogP contribution in [0.3, 0.4) is 0 Å². The molecule has 3 N–H and O–H groups in total. The zero-order valence-electron chi connectivity index (χ0n) is 18.6. The number of rotatable bonds is 9. The highest BCUT2D eigenvalue weighted by atomic mass is 32.2. The van der Waals surface area contributed by atoms with Crippen LogP contribution in [0.25, 0.3) is 0 Å². The number of aromatic nitrogens is 2. The van der Waals surface area contributed by atoms with Gasteiger partial charge in [-0.15, -0.1) is 0 Å². The minimum atomic E-state index is -3.78. The summed E-state index contributed by atoms with van der Waals surface area (Å²) in [7, 11) is -0.820. The van der Waals surface area contributed by atoms with Crippen molar-refractivity contribution in [3.63, 3.8) is 0 Å². The van der Waals surface area contributed by atoms with E-state index in [0.717, 1.165) is 10.1 Å². The Hall–Kier alpha value is -3.90. The molecule has 0 saturated heterocycles. The summed E-state index contributed by atoms with van der Waals surface area (Å²) in [6.45, 7) is -0.153. The molecule has 1 aromatic heterocycles. The highest BCUT2D eigenvalue weighted by molar-refractivity contribution is 7.89. The van der Waals surface area contributed by atoms with E-state index >= 15 is 0 Å². The largest absolute Gasteiger partial charge is 0.493 e. The van der Waals surface area contributed by atoms with Crippen LogP contribution < -0.4 is 31.0 Å². The van der Waals surface area contributed by atoms with Gasteiger partial charge in [0.25, 0.3) is 0 Å². The predicted molar refractivity (Wildman–Crippen MR) is 125 cm³/mol. The van der Waals surface area contributed by atoms with Crippen molar-refractivity contribution in [2.24, 2.45) is 5.14 Å². The van der Waals surface area contributed by atoms with E-state index in [4.69, 9.17) is 14.6 Å². The first-order valence-electron chi connectivity index (χ1n) is 10.1. The minimum absolute atomic E-state index is 0.0117. The molecule has 0 aliphatic rings. The normalized spacial score (nSPS) is 11.1. The number of nitrogens with two attached hydrogens (primary N) is 1. The van der Waals surface area contributed by atoms with Crippen molar-refractivity contribution in [3.05, 3.63) is 81.1 Å². The summed E-state index contributed by atoms with van der Waals surface area (Å²) in [5.41, 5.74) is -0.410. The molecule has 3 aromatic rings. The van der Waals surface area contributed by atoms with E-state index in [-0.39, 0.29) is 18.0 Å². The Morgan fingerprint density at radius 3 is 2.18 bits per heavy atom. The third kappa shape index (κ3) is 5.91. The van der Waals surface area contributed by atoms with Gasteiger partial charge in [-0.2, -0.15) is 0 Å². The average Bonchev–Trinajstić information content (AvgIpc) is 2.81. The van der Waals surface area contributed by atoms with Crippen molar-refractivity contribution < 1.29 is 22.7 Å². The lowest BCUT2D eigenvalue weighted by Crippen LogP contribution is -2.42. The molecular formula is C22H24N4O7S. The number of ether oxygens (including phenoxy) is 2. The van der Waals surface area contributed by atoms with Crippen LogP contribution in [-0.4, -0.2) is 37.7 Å². The molecule has 0 aliphatic heterocycles. The molecule has 34 heavy (non-hydrogen) atoms. The van der Waals surface area contributed by atoms with Gasteiger partial charge in [-0.3, -0.25) is 19.0 Å².